The van der Waals surface area contributed by atoms with Gasteiger partial charge >= 0.3 is 5.97 Å². The van der Waals surface area contributed by atoms with Crippen LogP contribution in [-0.2, 0) is 4.79 Å². The van der Waals surface area contributed by atoms with E-state index in [4.69, 9.17) is 5.11 Å². The molecule has 20 heavy (non-hydrogen) atoms. The number of carboxylic acids is 1. The number of carbonyl (C=O) groups is 2. The molecule has 5 nitrogen and oxygen atoms in total. The number of carbonyl (C=O) groups excluding carboxylic acids is 1. The van der Waals surface area contributed by atoms with Gasteiger partial charge in [-0.25, -0.2) is 0 Å². The quantitative estimate of drug-likeness (QED) is 0.797. The third-order valence-corrected chi connectivity index (χ3v) is 3.43. The molecule has 0 aliphatic heterocycles. The van der Waals surface area contributed by atoms with E-state index in [-0.39, 0.29) is 24.4 Å². The largest absolute Gasteiger partial charge is 0.481 e. The van der Waals surface area contributed by atoms with Gasteiger partial charge in [0.1, 0.15) is 5.69 Å². The van der Waals surface area contributed by atoms with Gasteiger partial charge < -0.3 is 15.0 Å². The monoisotopic (exact) mass is 344 g/mol. The molecule has 0 saturated heterocycles. The minimum Gasteiger partial charge on any atom is -0.481 e. The zero-order valence-electron chi connectivity index (χ0n) is 12.0. The van der Waals surface area contributed by atoms with Crippen LogP contribution in [-0.4, -0.2) is 27.6 Å². The van der Waals surface area contributed by atoms with Gasteiger partial charge in [-0.05, 0) is 42.3 Å². The third-order valence-electron chi connectivity index (χ3n) is 3.00. The highest BCUT2D eigenvalue weighted by molar-refractivity contribution is 9.10. The van der Waals surface area contributed by atoms with Crippen LogP contribution in [0.4, 0.5) is 0 Å². The number of amides is 1. The fourth-order valence-electron chi connectivity index (χ4n) is 2.10. The molecule has 1 heterocycles. The first-order chi connectivity index (χ1) is 9.35. The Morgan fingerprint density at radius 2 is 2.10 bits per heavy atom. The molecule has 112 valence electrons. The van der Waals surface area contributed by atoms with Gasteiger partial charge in [0.25, 0.3) is 5.91 Å². The van der Waals surface area contributed by atoms with Crippen molar-refractivity contribution in [2.45, 2.75) is 52.1 Å². The number of nitrogens with zero attached hydrogens (tertiary/aromatic N) is 1. The van der Waals surface area contributed by atoms with Crippen molar-refractivity contribution in [2.75, 3.05) is 0 Å². The fourth-order valence-corrected chi connectivity index (χ4v) is 2.54. The van der Waals surface area contributed by atoms with E-state index in [1.165, 1.54) is 0 Å². The highest BCUT2D eigenvalue weighted by Crippen LogP contribution is 2.19. The summed E-state index contributed by atoms with van der Waals surface area (Å²) in [7, 11) is 0. The number of rotatable bonds is 7. The summed E-state index contributed by atoms with van der Waals surface area (Å²) >= 11 is 3.36. The van der Waals surface area contributed by atoms with Crippen LogP contribution >= 0.6 is 15.9 Å². The predicted octanol–water partition coefficient (Wildman–Crippen LogP) is 3.20. The van der Waals surface area contributed by atoms with Crippen LogP contribution in [0.2, 0.25) is 0 Å². The van der Waals surface area contributed by atoms with Crippen LogP contribution in [0.15, 0.2) is 16.7 Å². The summed E-state index contributed by atoms with van der Waals surface area (Å²) < 4.78 is 2.70. The number of nitrogens with one attached hydrogen (secondary N) is 1. The Bertz CT molecular complexity index is 483. The van der Waals surface area contributed by atoms with Crippen LogP contribution in [0.25, 0.3) is 0 Å². The molecule has 0 bridgehead atoms. The van der Waals surface area contributed by atoms with Crippen molar-refractivity contribution in [1.29, 1.82) is 0 Å². The summed E-state index contributed by atoms with van der Waals surface area (Å²) in [5.74, 6) is -1.13. The highest BCUT2D eigenvalue weighted by atomic mass is 79.9. The first kappa shape index (κ1) is 16.8. The van der Waals surface area contributed by atoms with Crippen molar-refractivity contribution in [3.8, 4) is 0 Å². The van der Waals surface area contributed by atoms with Crippen LogP contribution in [0.5, 0.6) is 0 Å². The Balaban J connectivity index is 2.85. The smallest absolute Gasteiger partial charge is 0.305 e. The van der Waals surface area contributed by atoms with E-state index in [9.17, 15) is 9.59 Å². The van der Waals surface area contributed by atoms with Gasteiger partial charge in [0.05, 0.1) is 6.42 Å². The van der Waals surface area contributed by atoms with E-state index in [2.05, 4.69) is 21.2 Å². The summed E-state index contributed by atoms with van der Waals surface area (Å²) in [6, 6.07) is 1.57. The summed E-state index contributed by atoms with van der Waals surface area (Å²) in [5, 5.41) is 11.7. The normalized spacial score (nSPS) is 12.4. The van der Waals surface area contributed by atoms with E-state index in [0.29, 0.717) is 12.1 Å². The Hall–Kier alpha value is -1.30. The summed E-state index contributed by atoms with van der Waals surface area (Å²) in [4.78, 5) is 23.1. The molecule has 0 fully saturated rings. The molecule has 0 radical (unpaired) electrons. The SMILES string of the molecule is CCCC(CC(=O)O)NC(=O)c1cc(Br)cn1C(C)C. The van der Waals surface area contributed by atoms with Gasteiger partial charge in [-0.2, -0.15) is 0 Å². The Morgan fingerprint density at radius 1 is 1.45 bits per heavy atom. The standard InChI is InChI=1S/C14H21BrN2O3/c1-4-5-11(7-13(18)19)16-14(20)12-6-10(15)8-17(12)9(2)3/h6,8-9,11H,4-5,7H2,1-3H3,(H,16,20)(H,18,19). The minimum absolute atomic E-state index is 0.0524. The topological polar surface area (TPSA) is 71.3 Å². The Labute approximate surface area is 127 Å². The molecule has 0 aromatic carbocycles. The summed E-state index contributed by atoms with van der Waals surface area (Å²) in [6.07, 6.45) is 3.28. The molecular weight excluding hydrogens is 324 g/mol. The number of halogens is 1. The van der Waals surface area contributed by atoms with Crippen LogP contribution in [0.3, 0.4) is 0 Å². The zero-order chi connectivity index (χ0) is 15.3. The average molecular weight is 345 g/mol. The average Bonchev–Trinajstić information content (AvgIpc) is 2.71. The summed E-state index contributed by atoms with van der Waals surface area (Å²) in [5.41, 5.74) is 0.540. The molecule has 1 amide bonds. The fraction of sp³-hybridized carbons (Fsp3) is 0.571. The first-order valence-electron chi connectivity index (χ1n) is 6.75. The van der Waals surface area contributed by atoms with Gasteiger partial charge in [-0.15, -0.1) is 0 Å². The van der Waals surface area contributed by atoms with Crippen molar-refractivity contribution in [3.05, 3.63) is 22.4 Å². The number of hydrogen-bond donors (Lipinski definition) is 2. The third kappa shape index (κ3) is 4.67. The molecule has 0 spiro atoms. The second-order valence-electron chi connectivity index (χ2n) is 5.10. The first-order valence-corrected chi connectivity index (χ1v) is 7.54. The van der Waals surface area contributed by atoms with Crippen LogP contribution in [0, 0.1) is 0 Å². The maximum atomic E-state index is 12.3. The van der Waals surface area contributed by atoms with Gasteiger partial charge in [0, 0.05) is 22.8 Å². The maximum absolute atomic E-state index is 12.3. The minimum atomic E-state index is -0.899. The number of carboxylic acid groups (broad SMARTS) is 1. The van der Waals surface area contributed by atoms with Gasteiger partial charge in [0.15, 0.2) is 0 Å². The number of hydrogen-bond acceptors (Lipinski definition) is 2. The van der Waals surface area contributed by atoms with Crippen molar-refractivity contribution in [3.63, 3.8) is 0 Å². The van der Waals surface area contributed by atoms with Crippen molar-refractivity contribution < 1.29 is 14.7 Å². The van der Waals surface area contributed by atoms with E-state index in [0.717, 1.165) is 10.9 Å². The van der Waals surface area contributed by atoms with Gasteiger partial charge in [0.2, 0.25) is 0 Å². The Morgan fingerprint density at radius 3 is 2.60 bits per heavy atom. The molecule has 1 atom stereocenters. The summed E-state index contributed by atoms with van der Waals surface area (Å²) in [6.45, 7) is 5.95. The van der Waals surface area contributed by atoms with Crippen LogP contribution in [0.1, 0.15) is 56.6 Å². The molecule has 1 unspecified atom stereocenters. The van der Waals surface area contributed by atoms with E-state index >= 15 is 0 Å². The van der Waals surface area contributed by atoms with Crippen molar-refractivity contribution in [2.24, 2.45) is 0 Å². The molecular formula is C14H21BrN2O3. The van der Waals surface area contributed by atoms with Gasteiger partial charge in [-0.1, -0.05) is 13.3 Å². The van der Waals surface area contributed by atoms with Crippen molar-refractivity contribution >= 4 is 27.8 Å². The zero-order valence-corrected chi connectivity index (χ0v) is 13.6. The lowest BCUT2D eigenvalue weighted by Gasteiger charge is -2.18. The van der Waals surface area contributed by atoms with Crippen LogP contribution < -0.4 is 5.32 Å². The highest BCUT2D eigenvalue weighted by Gasteiger charge is 2.20. The van der Waals surface area contributed by atoms with Crippen molar-refractivity contribution in [1.82, 2.24) is 9.88 Å². The molecule has 6 heteroatoms. The molecule has 1 rings (SSSR count). The molecule has 0 saturated carbocycles. The lowest BCUT2D eigenvalue weighted by molar-refractivity contribution is -0.137. The second kappa shape index (κ2) is 7.47. The molecule has 1 aromatic heterocycles. The lowest BCUT2D eigenvalue weighted by Crippen LogP contribution is -2.37. The Kier molecular flexibility index (Phi) is 6.26. The number of aliphatic carboxylic acids is 1. The maximum Gasteiger partial charge on any atom is 0.305 e. The second-order valence-corrected chi connectivity index (χ2v) is 6.02. The lowest BCUT2D eigenvalue weighted by atomic mass is 10.1. The molecule has 1 aromatic rings. The molecule has 2 N–H and O–H groups in total. The van der Waals surface area contributed by atoms with Gasteiger partial charge in [-0.3, -0.25) is 9.59 Å². The van der Waals surface area contributed by atoms with E-state index in [1.54, 1.807) is 6.07 Å². The molecule has 0 aliphatic carbocycles. The molecule has 0 aliphatic rings. The van der Waals surface area contributed by atoms with E-state index < -0.39 is 5.97 Å². The van der Waals surface area contributed by atoms with E-state index in [1.807, 2.05) is 31.5 Å². The number of aromatic nitrogens is 1. The predicted molar refractivity (Wildman–Crippen MR) is 80.9 cm³/mol.